The van der Waals surface area contributed by atoms with E-state index in [1.54, 1.807) is 12.1 Å². The Hall–Kier alpha value is -2.75. The minimum atomic E-state index is -0.322. The summed E-state index contributed by atoms with van der Waals surface area (Å²) < 4.78 is 12.9. The molecule has 1 saturated heterocycles. The van der Waals surface area contributed by atoms with Gasteiger partial charge in [0, 0.05) is 38.4 Å². The van der Waals surface area contributed by atoms with Crippen LogP contribution in [0, 0.1) is 17.1 Å². The number of rotatable bonds is 5. The topological polar surface area (TPSA) is 59.4 Å². The normalized spacial score (nSPS) is 15.4. The molecule has 6 heteroatoms. The van der Waals surface area contributed by atoms with Crippen molar-refractivity contribution in [3.8, 4) is 6.07 Å². The lowest BCUT2D eigenvalue weighted by Gasteiger charge is -2.34. The van der Waals surface area contributed by atoms with E-state index in [1.807, 2.05) is 24.3 Å². The van der Waals surface area contributed by atoms with E-state index in [1.165, 1.54) is 12.1 Å². The van der Waals surface area contributed by atoms with Gasteiger partial charge in [-0.3, -0.25) is 14.6 Å². The van der Waals surface area contributed by atoms with Crippen LogP contribution in [-0.2, 0) is 11.3 Å². The lowest BCUT2D eigenvalue weighted by Crippen LogP contribution is -2.48. The number of benzene rings is 2. The highest BCUT2D eigenvalue weighted by Crippen LogP contribution is 2.13. The molecule has 0 radical (unpaired) electrons. The first-order valence-electron chi connectivity index (χ1n) is 8.62. The Morgan fingerprint density at radius 2 is 1.69 bits per heavy atom. The van der Waals surface area contributed by atoms with E-state index in [2.05, 4.69) is 21.2 Å². The molecule has 1 heterocycles. The molecule has 1 aliphatic heterocycles. The average Bonchev–Trinajstić information content (AvgIpc) is 2.65. The predicted octanol–water partition coefficient (Wildman–Crippen LogP) is 2.45. The van der Waals surface area contributed by atoms with Gasteiger partial charge in [-0.25, -0.2) is 4.39 Å². The highest BCUT2D eigenvalue weighted by Gasteiger charge is 2.19. The van der Waals surface area contributed by atoms with E-state index in [9.17, 15) is 14.4 Å². The Balaban J connectivity index is 1.45. The largest absolute Gasteiger partial charge is 0.325 e. The molecule has 2 aromatic carbocycles. The fraction of sp³-hybridized carbons (Fsp3) is 0.300. The Labute approximate surface area is 152 Å². The maximum Gasteiger partial charge on any atom is 0.238 e. The molecule has 1 aliphatic rings. The maximum absolute atomic E-state index is 12.9. The van der Waals surface area contributed by atoms with Crippen LogP contribution < -0.4 is 5.32 Å². The van der Waals surface area contributed by atoms with Crippen LogP contribution in [0.1, 0.15) is 11.1 Å². The molecule has 0 spiro atoms. The van der Waals surface area contributed by atoms with Crippen molar-refractivity contribution in [3.63, 3.8) is 0 Å². The summed E-state index contributed by atoms with van der Waals surface area (Å²) in [5, 5.41) is 12.0. The van der Waals surface area contributed by atoms with E-state index in [-0.39, 0.29) is 11.7 Å². The predicted molar refractivity (Wildman–Crippen MR) is 97.9 cm³/mol. The lowest BCUT2D eigenvalue weighted by molar-refractivity contribution is -0.117. The zero-order valence-corrected chi connectivity index (χ0v) is 14.5. The second-order valence-corrected chi connectivity index (χ2v) is 6.38. The summed E-state index contributed by atoms with van der Waals surface area (Å²) >= 11 is 0. The van der Waals surface area contributed by atoms with Crippen LogP contribution in [0.2, 0.25) is 0 Å². The minimum Gasteiger partial charge on any atom is -0.325 e. The summed E-state index contributed by atoms with van der Waals surface area (Å²) in [5.74, 6) is -0.419. The van der Waals surface area contributed by atoms with Crippen LogP contribution in [0.25, 0.3) is 0 Å². The van der Waals surface area contributed by atoms with Crippen molar-refractivity contribution in [2.75, 3.05) is 38.0 Å². The second-order valence-electron chi connectivity index (χ2n) is 6.38. The van der Waals surface area contributed by atoms with Crippen molar-refractivity contribution in [2.24, 2.45) is 0 Å². The average molecular weight is 352 g/mol. The molecule has 3 rings (SSSR count). The van der Waals surface area contributed by atoms with E-state index in [4.69, 9.17) is 0 Å². The Morgan fingerprint density at radius 3 is 2.38 bits per heavy atom. The smallest absolute Gasteiger partial charge is 0.238 e. The minimum absolute atomic E-state index is 0.0973. The standard InChI is InChI=1S/C20H21FN4O/c21-18-5-7-19(8-6-18)23-20(26)15-25-11-9-24(10-12-25)14-17-4-2-1-3-16(17)13-22/h1-8H,9-12,14-15H2,(H,23,26). The van der Waals surface area contributed by atoms with Gasteiger partial charge in [-0.1, -0.05) is 18.2 Å². The van der Waals surface area contributed by atoms with E-state index in [0.717, 1.165) is 38.3 Å². The number of hydrogen-bond donors (Lipinski definition) is 1. The Morgan fingerprint density at radius 1 is 1.04 bits per heavy atom. The number of anilines is 1. The molecule has 1 fully saturated rings. The fourth-order valence-corrected chi connectivity index (χ4v) is 3.05. The number of carbonyl (C=O) groups is 1. The second kappa shape index (κ2) is 8.56. The van der Waals surface area contributed by atoms with Gasteiger partial charge < -0.3 is 5.32 Å². The molecule has 5 nitrogen and oxygen atoms in total. The first-order valence-corrected chi connectivity index (χ1v) is 8.62. The Kier molecular flexibility index (Phi) is 5.95. The maximum atomic E-state index is 12.9. The molecule has 0 atom stereocenters. The van der Waals surface area contributed by atoms with Gasteiger partial charge in [0.2, 0.25) is 5.91 Å². The van der Waals surface area contributed by atoms with Crippen molar-refractivity contribution in [1.82, 2.24) is 9.80 Å². The van der Waals surface area contributed by atoms with Gasteiger partial charge in [0.15, 0.2) is 0 Å². The molecule has 2 aromatic rings. The van der Waals surface area contributed by atoms with Crippen molar-refractivity contribution in [1.29, 1.82) is 5.26 Å². The summed E-state index contributed by atoms with van der Waals surface area (Å²) in [6.45, 7) is 4.36. The fourth-order valence-electron chi connectivity index (χ4n) is 3.05. The molecular formula is C20H21FN4O. The first kappa shape index (κ1) is 18.1. The van der Waals surface area contributed by atoms with Gasteiger partial charge in [-0.05, 0) is 35.9 Å². The third-order valence-electron chi connectivity index (χ3n) is 4.49. The van der Waals surface area contributed by atoms with E-state index < -0.39 is 0 Å². The van der Waals surface area contributed by atoms with Crippen LogP contribution in [-0.4, -0.2) is 48.4 Å². The van der Waals surface area contributed by atoms with Crippen LogP contribution in [0.15, 0.2) is 48.5 Å². The number of piperazine rings is 1. The summed E-state index contributed by atoms with van der Waals surface area (Å²) in [6, 6.07) is 15.6. The molecule has 0 aliphatic carbocycles. The number of carbonyl (C=O) groups excluding carboxylic acids is 1. The quantitative estimate of drug-likeness (QED) is 0.898. The zero-order chi connectivity index (χ0) is 18.4. The monoisotopic (exact) mass is 352 g/mol. The van der Waals surface area contributed by atoms with Crippen molar-refractivity contribution in [2.45, 2.75) is 6.54 Å². The van der Waals surface area contributed by atoms with Gasteiger partial charge >= 0.3 is 0 Å². The van der Waals surface area contributed by atoms with Gasteiger partial charge in [0.1, 0.15) is 5.82 Å². The third kappa shape index (κ3) is 4.88. The highest BCUT2D eigenvalue weighted by atomic mass is 19.1. The third-order valence-corrected chi connectivity index (χ3v) is 4.49. The molecule has 0 bridgehead atoms. The summed E-state index contributed by atoms with van der Waals surface area (Å²) in [7, 11) is 0. The van der Waals surface area contributed by atoms with Gasteiger partial charge in [0.25, 0.3) is 0 Å². The molecular weight excluding hydrogens is 331 g/mol. The number of nitriles is 1. The zero-order valence-electron chi connectivity index (χ0n) is 14.5. The van der Waals surface area contributed by atoms with Crippen molar-refractivity contribution >= 4 is 11.6 Å². The molecule has 1 N–H and O–H groups in total. The molecule has 0 saturated carbocycles. The van der Waals surface area contributed by atoms with Crippen LogP contribution in [0.4, 0.5) is 10.1 Å². The molecule has 0 aromatic heterocycles. The Bertz CT molecular complexity index is 792. The summed E-state index contributed by atoms with van der Waals surface area (Å²) in [5.41, 5.74) is 2.36. The number of nitrogens with zero attached hydrogens (tertiary/aromatic N) is 3. The van der Waals surface area contributed by atoms with E-state index in [0.29, 0.717) is 17.8 Å². The summed E-state index contributed by atoms with van der Waals surface area (Å²) in [6.07, 6.45) is 0. The lowest BCUT2D eigenvalue weighted by atomic mass is 10.1. The number of halogens is 1. The van der Waals surface area contributed by atoms with Crippen LogP contribution in [0.5, 0.6) is 0 Å². The molecule has 26 heavy (non-hydrogen) atoms. The van der Waals surface area contributed by atoms with E-state index >= 15 is 0 Å². The SMILES string of the molecule is N#Cc1ccccc1CN1CCN(CC(=O)Nc2ccc(F)cc2)CC1. The first-order chi connectivity index (χ1) is 12.6. The molecule has 1 amide bonds. The van der Waals surface area contributed by atoms with Gasteiger partial charge in [-0.2, -0.15) is 5.26 Å². The van der Waals surface area contributed by atoms with Crippen molar-refractivity contribution < 1.29 is 9.18 Å². The molecule has 0 unspecified atom stereocenters. The molecule has 134 valence electrons. The van der Waals surface area contributed by atoms with Crippen molar-refractivity contribution in [3.05, 3.63) is 65.5 Å². The van der Waals surface area contributed by atoms with Crippen LogP contribution in [0.3, 0.4) is 0 Å². The van der Waals surface area contributed by atoms with Gasteiger partial charge in [-0.15, -0.1) is 0 Å². The van der Waals surface area contributed by atoms with Gasteiger partial charge in [0.05, 0.1) is 18.2 Å². The summed E-state index contributed by atoms with van der Waals surface area (Å²) in [4.78, 5) is 16.5. The number of hydrogen-bond acceptors (Lipinski definition) is 4. The van der Waals surface area contributed by atoms with Crippen LogP contribution >= 0.6 is 0 Å². The highest BCUT2D eigenvalue weighted by molar-refractivity contribution is 5.92. The number of nitrogens with one attached hydrogen (secondary N) is 1. The number of amides is 1.